The summed E-state index contributed by atoms with van der Waals surface area (Å²) in [4.78, 5) is 4.53. The highest BCUT2D eigenvalue weighted by Crippen LogP contribution is 2.48. The molecule has 0 radical (unpaired) electrons. The number of nitrogen functional groups attached to an aromatic ring is 1. The Bertz CT molecular complexity index is 598. The van der Waals surface area contributed by atoms with Gasteiger partial charge in [0.2, 0.25) is 0 Å². The summed E-state index contributed by atoms with van der Waals surface area (Å²) in [6, 6.07) is 11.9. The summed E-state index contributed by atoms with van der Waals surface area (Å²) in [5, 5.41) is 0.767. The zero-order valence-corrected chi connectivity index (χ0v) is 10.8. The lowest BCUT2D eigenvalue weighted by Gasteiger charge is -2.29. The Morgan fingerprint density at radius 3 is 2.71 bits per heavy atom. The van der Waals surface area contributed by atoms with Crippen molar-refractivity contribution >= 4 is 40.4 Å². The molecule has 0 amide bonds. The van der Waals surface area contributed by atoms with Crippen LogP contribution in [0.2, 0.25) is 5.02 Å². The molecular weight excluding hydrogens is 252 g/mol. The second kappa shape index (κ2) is 3.86. The molecule has 0 aromatic heterocycles. The van der Waals surface area contributed by atoms with Crippen LogP contribution in [-0.4, -0.2) is 7.05 Å². The molecule has 0 spiro atoms. The normalized spacial score (nSPS) is 13.2. The largest absolute Gasteiger partial charge is 0.399 e. The van der Waals surface area contributed by atoms with Gasteiger partial charge in [0.05, 0.1) is 11.4 Å². The number of halogens is 1. The number of fused-ring (bicyclic) bond motifs is 2. The fraction of sp³-hybridized carbons (Fsp3) is 0.0769. The standard InChI is InChI=1S/C13H11ClN2S/c1-16-10-4-2-8(14)6-13(10)17-12-5-3-9(15)7-11(12)16/h2-7H,15H2,1H3. The minimum atomic E-state index is 0.767. The van der Waals surface area contributed by atoms with Crippen molar-refractivity contribution in [1.29, 1.82) is 0 Å². The Kier molecular flexibility index (Phi) is 2.45. The molecular formula is C13H11ClN2S. The number of hydrogen-bond acceptors (Lipinski definition) is 3. The number of anilines is 3. The van der Waals surface area contributed by atoms with Gasteiger partial charge in [-0.15, -0.1) is 0 Å². The molecule has 17 heavy (non-hydrogen) atoms. The molecule has 1 heterocycles. The highest BCUT2D eigenvalue weighted by atomic mass is 35.5. The van der Waals surface area contributed by atoms with E-state index in [1.165, 1.54) is 9.79 Å². The second-order valence-electron chi connectivity index (χ2n) is 4.00. The van der Waals surface area contributed by atoms with E-state index in [9.17, 15) is 0 Å². The summed E-state index contributed by atoms with van der Waals surface area (Å²) in [6.45, 7) is 0. The van der Waals surface area contributed by atoms with Gasteiger partial charge in [-0.05, 0) is 36.4 Å². The highest BCUT2D eigenvalue weighted by Gasteiger charge is 2.20. The number of benzene rings is 2. The molecule has 0 atom stereocenters. The lowest BCUT2D eigenvalue weighted by molar-refractivity contribution is 1.11. The maximum Gasteiger partial charge on any atom is 0.0570 e. The van der Waals surface area contributed by atoms with Crippen LogP contribution in [0.5, 0.6) is 0 Å². The van der Waals surface area contributed by atoms with E-state index in [1.807, 2.05) is 37.4 Å². The molecule has 0 saturated carbocycles. The molecule has 2 nitrogen and oxygen atoms in total. The first kappa shape index (κ1) is 10.8. The van der Waals surface area contributed by atoms with Crippen LogP contribution >= 0.6 is 23.4 Å². The van der Waals surface area contributed by atoms with E-state index >= 15 is 0 Å². The van der Waals surface area contributed by atoms with Crippen LogP contribution in [0.4, 0.5) is 17.1 Å². The van der Waals surface area contributed by atoms with Crippen molar-refractivity contribution in [2.75, 3.05) is 17.7 Å². The molecule has 0 fully saturated rings. The van der Waals surface area contributed by atoms with E-state index in [2.05, 4.69) is 11.0 Å². The van der Waals surface area contributed by atoms with Crippen molar-refractivity contribution in [2.24, 2.45) is 0 Å². The first-order chi connectivity index (χ1) is 8.15. The molecule has 2 aromatic carbocycles. The lowest BCUT2D eigenvalue weighted by Crippen LogP contribution is -2.14. The SMILES string of the molecule is CN1c2ccc(Cl)cc2Sc2ccc(N)cc21. The highest BCUT2D eigenvalue weighted by molar-refractivity contribution is 7.99. The number of nitrogens with two attached hydrogens (primary N) is 1. The van der Waals surface area contributed by atoms with Gasteiger partial charge in [-0.3, -0.25) is 0 Å². The summed E-state index contributed by atoms with van der Waals surface area (Å²) >= 11 is 7.75. The predicted octanol–water partition coefficient (Wildman–Crippen LogP) is 4.15. The zero-order valence-electron chi connectivity index (χ0n) is 9.27. The molecule has 2 N–H and O–H groups in total. The van der Waals surface area contributed by atoms with E-state index in [1.54, 1.807) is 11.8 Å². The Morgan fingerprint density at radius 2 is 1.88 bits per heavy atom. The Hall–Kier alpha value is -1.32. The second-order valence-corrected chi connectivity index (χ2v) is 5.52. The smallest absolute Gasteiger partial charge is 0.0570 e. The van der Waals surface area contributed by atoms with Crippen molar-refractivity contribution < 1.29 is 0 Å². The zero-order chi connectivity index (χ0) is 12.0. The van der Waals surface area contributed by atoms with Crippen LogP contribution in [0, 0.1) is 0 Å². The number of nitrogens with zero attached hydrogens (tertiary/aromatic N) is 1. The average Bonchev–Trinajstić information content (AvgIpc) is 2.30. The summed E-state index contributed by atoms with van der Waals surface area (Å²) in [6.07, 6.45) is 0. The van der Waals surface area contributed by atoms with E-state index in [0.717, 1.165) is 22.1 Å². The quantitative estimate of drug-likeness (QED) is 0.723. The first-order valence-electron chi connectivity index (χ1n) is 5.26. The van der Waals surface area contributed by atoms with Gasteiger partial charge in [0.15, 0.2) is 0 Å². The summed E-state index contributed by atoms with van der Waals surface area (Å²) in [7, 11) is 2.05. The van der Waals surface area contributed by atoms with Crippen molar-refractivity contribution in [3.8, 4) is 0 Å². The van der Waals surface area contributed by atoms with E-state index in [4.69, 9.17) is 17.3 Å². The lowest BCUT2D eigenvalue weighted by atomic mass is 10.2. The van der Waals surface area contributed by atoms with Crippen LogP contribution in [0.1, 0.15) is 0 Å². The molecule has 2 aromatic rings. The summed E-state index contributed by atoms with van der Waals surface area (Å²) in [5.74, 6) is 0. The molecule has 86 valence electrons. The van der Waals surface area contributed by atoms with Gasteiger partial charge in [-0.1, -0.05) is 23.4 Å². The Balaban J connectivity index is 2.17. The molecule has 0 unspecified atom stereocenters. The minimum Gasteiger partial charge on any atom is -0.399 e. The van der Waals surface area contributed by atoms with E-state index in [0.29, 0.717) is 0 Å². The monoisotopic (exact) mass is 262 g/mol. The molecule has 0 saturated heterocycles. The molecule has 4 heteroatoms. The van der Waals surface area contributed by atoms with Crippen LogP contribution in [0.15, 0.2) is 46.2 Å². The maximum absolute atomic E-state index is 6.02. The first-order valence-corrected chi connectivity index (χ1v) is 6.45. The average molecular weight is 263 g/mol. The van der Waals surface area contributed by atoms with Gasteiger partial charge in [-0.2, -0.15) is 0 Å². The van der Waals surface area contributed by atoms with E-state index < -0.39 is 0 Å². The van der Waals surface area contributed by atoms with Crippen LogP contribution in [-0.2, 0) is 0 Å². The van der Waals surface area contributed by atoms with Crippen molar-refractivity contribution in [3.05, 3.63) is 41.4 Å². The number of hydrogen-bond donors (Lipinski definition) is 1. The van der Waals surface area contributed by atoms with E-state index in [-0.39, 0.29) is 0 Å². The summed E-state index contributed by atoms with van der Waals surface area (Å²) < 4.78 is 0. The van der Waals surface area contributed by atoms with Crippen molar-refractivity contribution in [2.45, 2.75) is 9.79 Å². The summed E-state index contributed by atoms with van der Waals surface area (Å²) in [5.41, 5.74) is 8.92. The van der Waals surface area contributed by atoms with Gasteiger partial charge < -0.3 is 10.6 Å². The number of rotatable bonds is 0. The molecule has 1 aliphatic heterocycles. The Labute approximate surface area is 109 Å². The third-order valence-electron chi connectivity index (χ3n) is 2.85. The van der Waals surface area contributed by atoms with Crippen LogP contribution in [0.25, 0.3) is 0 Å². The Morgan fingerprint density at radius 1 is 1.06 bits per heavy atom. The van der Waals surface area contributed by atoms with Crippen molar-refractivity contribution in [3.63, 3.8) is 0 Å². The van der Waals surface area contributed by atoms with Gasteiger partial charge in [0.25, 0.3) is 0 Å². The van der Waals surface area contributed by atoms with Gasteiger partial charge in [0.1, 0.15) is 0 Å². The van der Waals surface area contributed by atoms with Crippen molar-refractivity contribution in [1.82, 2.24) is 0 Å². The van der Waals surface area contributed by atoms with Crippen LogP contribution in [0.3, 0.4) is 0 Å². The minimum absolute atomic E-state index is 0.767. The topological polar surface area (TPSA) is 29.3 Å². The third kappa shape index (κ3) is 1.75. The van der Waals surface area contributed by atoms with Gasteiger partial charge in [0, 0.05) is 27.5 Å². The molecule has 1 aliphatic rings. The fourth-order valence-electron chi connectivity index (χ4n) is 1.98. The maximum atomic E-state index is 6.02. The van der Waals surface area contributed by atoms with Gasteiger partial charge >= 0.3 is 0 Å². The molecule has 0 bridgehead atoms. The van der Waals surface area contributed by atoms with Gasteiger partial charge in [-0.25, -0.2) is 0 Å². The van der Waals surface area contributed by atoms with Crippen LogP contribution < -0.4 is 10.6 Å². The molecule has 3 rings (SSSR count). The third-order valence-corrected chi connectivity index (χ3v) is 4.19. The fourth-order valence-corrected chi connectivity index (χ4v) is 3.38. The molecule has 0 aliphatic carbocycles. The predicted molar refractivity (Wildman–Crippen MR) is 74.5 cm³/mol.